The van der Waals surface area contributed by atoms with Crippen LogP contribution in [-0.2, 0) is 0 Å². The summed E-state index contributed by atoms with van der Waals surface area (Å²) in [6.07, 6.45) is 4.77. The van der Waals surface area contributed by atoms with Gasteiger partial charge >= 0.3 is 0 Å². The van der Waals surface area contributed by atoms with E-state index in [-0.39, 0.29) is 5.91 Å². The van der Waals surface area contributed by atoms with Gasteiger partial charge in [0.2, 0.25) is 0 Å². The zero-order valence-corrected chi connectivity index (χ0v) is 15.2. The predicted octanol–water partition coefficient (Wildman–Crippen LogP) is 4.11. The first-order valence-corrected chi connectivity index (χ1v) is 9.08. The predicted molar refractivity (Wildman–Crippen MR) is 101 cm³/mol. The topological polar surface area (TPSA) is 58.1 Å². The molecular weight excluding hydrogens is 312 g/mol. The Kier molecular flexibility index (Phi) is 5.31. The summed E-state index contributed by atoms with van der Waals surface area (Å²) in [6, 6.07) is 10.1. The van der Waals surface area contributed by atoms with Crippen molar-refractivity contribution in [2.45, 2.75) is 52.5 Å². The first kappa shape index (κ1) is 17.4. The normalized spacial score (nSPS) is 17.4. The molecule has 5 heteroatoms. The highest BCUT2D eigenvalue weighted by Crippen LogP contribution is 2.24. The molecule has 3 rings (SSSR count). The third-order valence-electron chi connectivity index (χ3n) is 5.13. The van der Waals surface area contributed by atoms with Crippen molar-refractivity contribution in [1.29, 1.82) is 0 Å². The smallest absolute Gasteiger partial charge is 0.276 e. The number of carbonyl (C=O) groups excluding carboxylic acids is 1. The van der Waals surface area contributed by atoms with Gasteiger partial charge in [-0.2, -0.15) is 0 Å². The van der Waals surface area contributed by atoms with E-state index in [1.807, 2.05) is 38.1 Å². The standard InChI is InChI=1S/C20H26N4O/c1-4-16-9-5-6-13-24(16)19-12-11-18(22-23-19)20(25)21-17-10-7-8-14(2)15(17)3/h7-8,10-12,16H,4-6,9,13H2,1-3H3,(H,21,25). The number of nitrogens with one attached hydrogen (secondary N) is 1. The second-order valence-electron chi connectivity index (χ2n) is 6.73. The van der Waals surface area contributed by atoms with Crippen LogP contribution in [0.1, 0.15) is 54.2 Å². The Labute approximate surface area is 149 Å². The van der Waals surface area contributed by atoms with Gasteiger partial charge < -0.3 is 10.2 Å². The van der Waals surface area contributed by atoms with E-state index >= 15 is 0 Å². The molecule has 1 N–H and O–H groups in total. The molecule has 1 aliphatic rings. The van der Waals surface area contributed by atoms with Crippen molar-refractivity contribution in [1.82, 2.24) is 10.2 Å². The van der Waals surface area contributed by atoms with Crippen molar-refractivity contribution in [3.63, 3.8) is 0 Å². The number of rotatable bonds is 4. The highest BCUT2D eigenvalue weighted by Gasteiger charge is 2.22. The van der Waals surface area contributed by atoms with Gasteiger partial charge in [-0.1, -0.05) is 19.1 Å². The maximum absolute atomic E-state index is 12.5. The molecule has 5 nitrogen and oxygen atoms in total. The number of nitrogens with zero attached hydrogens (tertiary/aromatic N) is 3. The fourth-order valence-electron chi connectivity index (χ4n) is 3.40. The van der Waals surface area contributed by atoms with Crippen molar-refractivity contribution in [2.75, 3.05) is 16.8 Å². The van der Waals surface area contributed by atoms with Gasteiger partial charge in [0.05, 0.1) is 0 Å². The first-order chi connectivity index (χ1) is 12.1. The monoisotopic (exact) mass is 338 g/mol. The highest BCUT2D eigenvalue weighted by atomic mass is 16.1. The fourth-order valence-corrected chi connectivity index (χ4v) is 3.40. The third kappa shape index (κ3) is 3.81. The molecule has 2 heterocycles. The van der Waals surface area contributed by atoms with Crippen LogP contribution in [0.4, 0.5) is 11.5 Å². The molecule has 0 saturated carbocycles. The molecule has 0 spiro atoms. The number of anilines is 2. The van der Waals surface area contributed by atoms with E-state index < -0.39 is 0 Å². The molecule has 2 aromatic rings. The van der Waals surface area contributed by atoms with Gasteiger partial charge in [-0.25, -0.2) is 0 Å². The summed E-state index contributed by atoms with van der Waals surface area (Å²) in [5.41, 5.74) is 3.38. The molecule has 1 amide bonds. The highest BCUT2D eigenvalue weighted by molar-refractivity contribution is 6.03. The molecule has 1 aliphatic heterocycles. The van der Waals surface area contributed by atoms with E-state index in [1.54, 1.807) is 6.07 Å². The van der Waals surface area contributed by atoms with E-state index in [0.29, 0.717) is 11.7 Å². The summed E-state index contributed by atoms with van der Waals surface area (Å²) in [5, 5.41) is 11.4. The van der Waals surface area contributed by atoms with Crippen LogP contribution in [0, 0.1) is 13.8 Å². The van der Waals surface area contributed by atoms with Crippen molar-refractivity contribution in [3.05, 3.63) is 47.2 Å². The SMILES string of the molecule is CCC1CCCCN1c1ccc(C(=O)Nc2cccc(C)c2C)nn1. The lowest BCUT2D eigenvalue weighted by Crippen LogP contribution is -2.39. The lowest BCUT2D eigenvalue weighted by molar-refractivity contribution is 0.102. The Morgan fingerprint density at radius 2 is 2.04 bits per heavy atom. The molecule has 1 aromatic carbocycles. The van der Waals surface area contributed by atoms with Crippen molar-refractivity contribution in [3.8, 4) is 0 Å². The first-order valence-electron chi connectivity index (χ1n) is 9.08. The molecule has 1 atom stereocenters. The molecule has 25 heavy (non-hydrogen) atoms. The number of amides is 1. The zero-order chi connectivity index (χ0) is 17.8. The number of hydrogen-bond acceptors (Lipinski definition) is 4. The number of benzene rings is 1. The molecule has 132 valence electrons. The Bertz CT molecular complexity index is 742. The molecule has 0 aliphatic carbocycles. The maximum Gasteiger partial charge on any atom is 0.276 e. The third-order valence-corrected chi connectivity index (χ3v) is 5.13. The largest absolute Gasteiger partial charge is 0.352 e. The Morgan fingerprint density at radius 3 is 2.76 bits per heavy atom. The summed E-state index contributed by atoms with van der Waals surface area (Å²) >= 11 is 0. The second kappa shape index (κ2) is 7.64. The molecule has 1 saturated heterocycles. The number of aromatic nitrogens is 2. The minimum absolute atomic E-state index is 0.224. The summed E-state index contributed by atoms with van der Waals surface area (Å²) in [4.78, 5) is 14.8. The number of aryl methyl sites for hydroxylation is 1. The van der Waals surface area contributed by atoms with Crippen LogP contribution >= 0.6 is 0 Å². The average Bonchev–Trinajstić information content (AvgIpc) is 2.65. The Balaban J connectivity index is 1.73. The second-order valence-corrected chi connectivity index (χ2v) is 6.73. The summed E-state index contributed by atoms with van der Waals surface area (Å²) in [7, 11) is 0. The van der Waals surface area contributed by atoms with Gasteiger partial charge in [0.25, 0.3) is 5.91 Å². The van der Waals surface area contributed by atoms with E-state index in [9.17, 15) is 4.79 Å². The molecular formula is C20H26N4O. The maximum atomic E-state index is 12.5. The van der Waals surface area contributed by atoms with Crippen LogP contribution < -0.4 is 10.2 Å². The molecule has 1 fully saturated rings. The lowest BCUT2D eigenvalue weighted by Gasteiger charge is -2.35. The van der Waals surface area contributed by atoms with E-state index in [2.05, 4.69) is 27.3 Å². The van der Waals surface area contributed by atoms with Crippen molar-refractivity contribution >= 4 is 17.4 Å². The Hall–Kier alpha value is -2.43. The minimum Gasteiger partial charge on any atom is -0.352 e. The van der Waals surface area contributed by atoms with Crippen LogP contribution in [0.5, 0.6) is 0 Å². The summed E-state index contributed by atoms with van der Waals surface area (Å²) in [5.74, 6) is 0.647. The molecule has 0 bridgehead atoms. The molecule has 1 aromatic heterocycles. The fraction of sp³-hybridized carbons (Fsp3) is 0.450. The van der Waals surface area contributed by atoms with Gasteiger partial charge in [-0.15, -0.1) is 10.2 Å². The lowest BCUT2D eigenvalue weighted by atomic mass is 10.0. The van der Waals surface area contributed by atoms with Gasteiger partial charge in [-0.05, 0) is 68.9 Å². The van der Waals surface area contributed by atoms with Gasteiger partial charge in [0, 0.05) is 18.3 Å². The van der Waals surface area contributed by atoms with Crippen LogP contribution in [0.25, 0.3) is 0 Å². The van der Waals surface area contributed by atoms with E-state index in [0.717, 1.165) is 35.6 Å². The van der Waals surface area contributed by atoms with Gasteiger partial charge in [-0.3, -0.25) is 4.79 Å². The molecule has 0 radical (unpaired) electrons. The summed E-state index contributed by atoms with van der Waals surface area (Å²) < 4.78 is 0. The van der Waals surface area contributed by atoms with Crippen LogP contribution in [0.2, 0.25) is 0 Å². The van der Waals surface area contributed by atoms with Gasteiger partial charge in [0.15, 0.2) is 11.5 Å². The van der Waals surface area contributed by atoms with E-state index in [1.165, 1.54) is 19.3 Å². The van der Waals surface area contributed by atoms with Gasteiger partial charge in [0.1, 0.15) is 0 Å². The number of hydrogen-bond donors (Lipinski definition) is 1. The zero-order valence-electron chi connectivity index (χ0n) is 15.2. The minimum atomic E-state index is -0.224. The number of piperidine rings is 1. The number of carbonyl (C=O) groups is 1. The van der Waals surface area contributed by atoms with Crippen LogP contribution in [0.15, 0.2) is 30.3 Å². The van der Waals surface area contributed by atoms with Crippen molar-refractivity contribution < 1.29 is 4.79 Å². The van der Waals surface area contributed by atoms with Crippen LogP contribution in [-0.4, -0.2) is 28.7 Å². The Morgan fingerprint density at radius 1 is 1.20 bits per heavy atom. The van der Waals surface area contributed by atoms with Crippen molar-refractivity contribution in [2.24, 2.45) is 0 Å². The average molecular weight is 338 g/mol. The quantitative estimate of drug-likeness (QED) is 0.911. The molecule has 1 unspecified atom stereocenters. The van der Waals surface area contributed by atoms with Crippen LogP contribution in [0.3, 0.4) is 0 Å². The summed E-state index contributed by atoms with van der Waals surface area (Å²) in [6.45, 7) is 7.26. The van der Waals surface area contributed by atoms with E-state index in [4.69, 9.17) is 0 Å².